The Morgan fingerprint density at radius 2 is 1.67 bits per heavy atom. The first-order valence-corrected chi connectivity index (χ1v) is 8.07. The van der Waals surface area contributed by atoms with Crippen LogP contribution in [0.25, 0.3) is 22.2 Å². The number of pyridine rings is 1. The van der Waals surface area contributed by atoms with E-state index in [9.17, 15) is 0 Å². The summed E-state index contributed by atoms with van der Waals surface area (Å²) in [6.45, 7) is 4.20. The lowest BCUT2D eigenvalue weighted by atomic mass is 10.1. The highest BCUT2D eigenvalue weighted by molar-refractivity contribution is 5.95. The summed E-state index contributed by atoms with van der Waals surface area (Å²) < 4.78 is 0. The summed E-state index contributed by atoms with van der Waals surface area (Å²) in [5.41, 5.74) is 6.90. The number of aryl methyl sites for hydroxylation is 2. The van der Waals surface area contributed by atoms with Crippen LogP contribution < -0.4 is 5.32 Å². The zero-order valence-electron chi connectivity index (χ0n) is 13.8. The lowest BCUT2D eigenvalue weighted by Gasteiger charge is -2.07. The van der Waals surface area contributed by atoms with E-state index in [1.807, 2.05) is 18.3 Å². The first-order chi connectivity index (χ1) is 11.7. The zero-order valence-corrected chi connectivity index (χ0v) is 13.8. The molecule has 3 nitrogen and oxygen atoms in total. The fourth-order valence-corrected chi connectivity index (χ4v) is 2.98. The van der Waals surface area contributed by atoms with Crippen molar-refractivity contribution in [3.8, 4) is 11.3 Å². The predicted molar refractivity (Wildman–Crippen MR) is 101 cm³/mol. The first-order valence-electron chi connectivity index (χ1n) is 8.07. The molecule has 2 aromatic heterocycles. The number of H-pyrrole nitrogens is 1. The van der Waals surface area contributed by atoms with Gasteiger partial charge >= 0.3 is 0 Å². The van der Waals surface area contributed by atoms with Crippen LogP contribution in [0.5, 0.6) is 0 Å². The summed E-state index contributed by atoms with van der Waals surface area (Å²) in [7, 11) is 0. The Labute approximate surface area is 141 Å². The van der Waals surface area contributed by atoms with Gasteiger partial charge in [-0.25, -0.2) is 4.98 Å². The summed E-state index contributed by atoms with van der Waals surface area (Å²) in [5, 5.41) is 4.53. The molecule has 0 saturated heterocycles. The minimum atomic E-state index is 0.869. The molecule has 0 aliphatic carbocycles. The second-order valence-corrected chi connectivity index (χ2v) is 6.17. The Morgan fingerprint density at radius 1 is 0.875 bits per heavy atom. The van der Waals surface area contributed by atoms with Crippen LogP contribution in [0.3, 0.4) is 0 Å². The van der Waals surface area contributed by atoms with Crippen LogP contribution in [0, 0.1) is 13.8 Å². The second-order valence-electron chi connectivity index (χ2n) is 6.17. The number of rotatable bonds is 3. The molecule has 0 amide bonds. The fourth-order valence-electron chi connectivity index (χ4n) is 2.98. The third-order valence-electron chi connectivity index (χ3n) is 4.16. The molecule has 2 N–H and O–H groups in total. The number of hydrogen-bond donors (Lipinski definition) is 2. The maximum Gasteiger partial charge on any atom is 0.139 e. The number of anilines is 2. The molecule has 0 bridgehead atoms. The largest absolute Gasteiger partial charge is 0.354 e. The SMILES string of the molecule is Cc1cccc(Nc2nccc3[nH]c(-c4cccc(C)c4)cc23)c1. The summed E-state index contributed by atoms with van der Waals surface area (Å²) in [6, 6.07) is 21.0. The number of fused-ring (bicyclic) bond motifs is 1. The van der Waals surface area contributed by atoms with Crippen molar-refractivity contribution in [3.05, 3.63) is 78.0 Å². The van der Waals surface area contributed by atoms with Gasteiger partial charge in [-0.15, -0.1) is 0 Å². The molecular formula is C21H19N3. The van der Waals surface area contributed by atoms with E-state index in [1.165, 1.54) is 16.7 Å². The number of aromatic nitrogens is 2. The topological polar surface area (TPSA) is 40.7 Å². The van der Waals surface area contributed by atoms with Crippen LogP contribution in [0.1, 0.15) is 11.1 Å². The minimum Gasteiger partial charge on any atom is -0.354 e. The Balaban J connectivity index is 1.77. The van der Waals surface area contributed by atoms with Crippen LogP contribution in [0.4, 0.5) is 11.5 Å². The van der Waals surface area contributed by atoms with Crippen molar-refractivity contribution in [1.82, 2.24) is 9.97 Å². The molecule has 118 valence electrons. The molecule has 0 atom stereocenters. The minimum absolute atomic E-state index is 0.869. The smallest absolute Gasteiger partial charge is 0.139 e. The Kier molecular flexibility index (Phi) is 3.54. The number of nitrogens with one attached hydrogen (secondary N) is 2. The van der Waals surface area contributed by atoms with E-state index in [2.05, 4.69) is 77.7 Å². The zero-order chi connectivity index (χ0) is 16.5. The standard InChI is InChI=1S/C21H19N3/c1-14-5-3-7-16(11-14)20-13-18-19(24-20)9-10-22-21(18)23-17-8-4-6-15(2)12-17/h3-13,24H,1-2H3,(H,22,23). The second kappa shape index (κ2) is 5.85. The molecule has 0 saturated carbocycles. The predicted octanol–water partition coefficient (Wildman–Crippen LogP) is 5.59. The molecule has 0 fully saturated rings. The van der Waals surface area contributed by atoms with E-state index in [0.29, 0.717) is 0 Å². The lowest BCUT2D eigenvalue weighted by molar-refractivity contribution is 1.33. The molecule has 2 aromatic carbocycles. The Bertz CT molecular complexity index is 1010. The normalized spacial score (nSPS) is 10.9. The number of nitrogens with zero attached hydrogens (tertiary/aromatic N) is 1. The molecule has 2 heterocycles. The average molecular weight is 313 g/mol. The van der Waals surface area contributed by atoms with Gasteiger partial charge in [0.1, 0.15) is 5.82 Å². The average Bonchev–Trinajstić information content (AvgIpc) is 3.00. The van der Waals surface area contributed by atoms with Crippen molar-refractivity contribution in [1.29, 1.82) is 0 Å². The van der Waals surface area contributed by atoms with E-state index in [0.717, 1.165) is 28.1 Å². The van der Waals surface area contributed by atoms with Gasteiger partial charge in [-0.2, -0.15) is 0 Å². The van der Waals surface area contributed by atoms with Gasteiger partial charge in [0.2, 0.25) is 0 Å². The maximum absolute atomic E-state index is 4.53. The summed E-state index contributed by atoms with van der Waals surface area (Å²) in [4.78, 5) is 8.02. The Morgan fingerprint density at radius 3 is 2.46 bits per heavy atom. The van der Waals surface area contributed by atoms with Crippen molar-refractivity contribution in [3.63, 3.8) is 0 Å². The van der Waals surface area contributed by atoms with Gasteiger partial charge in [-0.05, 0) is 55.3 Å². The van der Waals surface area contributed by atoms with Crippen molar-refractivity contribution < 1.29 is 0 Å². The van der Waals surface area contributed by atoms with Crippen LogP contribution in [-0.4, -0.2) is 9.97 Å². The van der Waals surface area contributed by atoms with Crippen molar-refractivity contribution in [2.45, 2.75) is 13.8 Å². The van der Waals surface area contributed by atoms with Crippen LogP contribution in [-0.2, 0) is 0 Å². The highest BCUT2D eigenvalue weighted by Gasteiger charge is 2.08. The first kappa shape index (κ1) is 14.5. The van der Waals surface area contributed by atoms with Gasteiger partial charge in [-0.3, -0.25) is 0 Å². The van der Waals surface area contributed by atoms with Crippen molar-refractivity contribution in [2.75, 3.05) is 5.32 Å². The van der Waals surface area contributed by atoms with Crippen molar-refractivity contribution >= 4 is 22.4 Å². The lowest BCUT2D eigenvalue weighted by Crippen LogP contribution is -1.93. The van der Waals surface area contributed by atoms with Gasteiger partial charge in [0, 0.05) is 23.0 Å². The van der Waals surface area contributed by atoms with Crippen LogP contribution in [0.2, 0.25) is 0 Å². The number of benzene rings is 2. The van der Waals surface area contributed by atoms with E-state index < -0.39 is 0 Å². The fraction of sp³-hybridized carbons (Fsp3) is 0.0952. The van der Waals surface area contributed by atoms with Gasteiger partial charge in [-0.1, -0.05) is 35.9 Å². The highest BCUT2D eigenvalue weighted by Crippen LogP contribution is 2.29. The van der Waals surface area contributed by atoms with E-state index >= 15 is 0 Å². The molecule has 0 radical (unpaired) electrons. The van der Waals surface area contributed by atoms with E-state index in [1.54, 1.807) is 0 Å². The molecule has 3 heteroatoms. The summed E-state index contributed by atoms with van der Waals surface area (Å²) in [6.07, 6.45) is 1.83. The van der Waals surface area contributed by atoms with Crippen molar-refractivity contribution in [2.24, 2.45) is 0 Å². The number of aromatic amines is 1. The van der Waals surface area contributed by atoms with E-state index in [-0.39, 0.29) is 0 Å². The molecule has 24 heavy (non-hydrogen) atoms. The van der Waals surface area contributed by atoms with Crippen LogP contribution in [0.15, 0.2) is 66.9 Å². The molecule has 0 aliphatic rings. The van der Waals surface area contributed by atoms with E-state index in [4.69, 9.17) is 0 Å². The molecular weight excluding hydrogens is 294 g/mol. The molecule has 0 unspecified atom stereocenters. The molecule has 0 aliphatic heterocycles. The van der Waals surface area contributed by atoms with Gasteiger partial charge < -0.3 is 10.3 Å². The summed E-state index contributed by atoms with van der Waals surface area (Å²) in [5.74, 6) is 0.869. The van der Waals surface area contributed by atoms with Gasteiger partial charge in [0.05, 0.1) is 5.52 Å². The van der Waals surface area contributed by atoms with Crippen LogP contribution >= 0.6 is 0 Å². The number of hydrogen-bond acceptors (Lipinski definition) is 2. The molecule has 4 rings (SSSR count). The monoisotopic (exact) mass is 313 g/mol. The van der Waals surface area contributed by atoms with Gasteiger partial charge in [0.25, 0.3) is 0 Å². The highest BCUT2D eigenvalue weighted by atomic mass is 15.0. The molecule has 4 aromatic rings. The Hall–Kier alpha value is -3.07. The quantitative estimate of drug-likeness (QED) is 0.517. The summed E-state index contributed by atoms with van der Waals surface area (Å²) >= 11 is 0. The maximum atomic E-state index is 4.53. The molecule has 0 spiro atoms. The third-order valence-corrected chi connectivity index (χ3v) is 4.16. The van der Waals surface area contributed by atoms with Gasteiger partial charge in [0.15, 0.2) is 0 Å². The third kappa shape index (κ3) is 2.76.